The Balaban J connectivity index is 1.73. The number of methoxy groups -OCH3 is 1. The van der Waals surface area contributed by atoms with Crippen molar-refractivity contribution < 1.29 is 9.47 Å². The molecule has 0 saturated heterocycles. The van der Waals surface area contributed by atoms with Gasteiger partial charge in [-0.3, -0.25) is 9.36 Å². The second kappa shape index (κ2) is 10.7. The fourth-order valence-corrected chi connectivity index (χ4v) is 4.12. The third kappa shape index (κ3) is 5.22. The van der Waals surface area contributed by atoms with Crippen LogP contribution >= 0.6 is 23.2 Å². The summed E-state index contributed by atoms with van der Waals surface area (Å²) in [5.74, 6) is 2.05. The van der Waals surface area contributed by atoms with E-state index in [0.29, 0.717) is 22.3 Å². The quantitative estimate of drug-likeness (QED) is 0.281. The van der Waals surface area contributed by atoms with E-state index in [2.05, 4.69) is 9.97 Å². The molecule has 2 aromatic heterocycles. The number of rotatable bonds is 7. The van der Waals surface area contributed by atoms with Gasteiger partial charge in [-0.25, -0.2) is 9.97 Å². The van der Waals surface area contributed by atoms with Crippen molar-refractivity contribution in [2.45, 2.75) is 40.2 Å². The van der Waals surface area contributed by atoms with Crippen molar-refractivity contribution in [2.75, 3.05) is 7.11 Å². The molecule has 4 aromatic rings. The summed E-state index contributed by atoms with van der Waals surface area (Å²) in [5.41, 5.74) is 3.31. The number of ether oxygens (including phenoxy) is 2. The normalized spacial score (nSPS) is 11.1. The second-order valence-electron chi connectivity index (χ2n) is 8.64. The van der Waals surface area contributed by atoms with Crippen LogP contribution in [0, 0.1) is 13.8 Å². The van der Waals surface area contributed by atoms with Gasteiger partial charge in [-0.1, -0.05) is 55.2 Å². The predicted octanol–water partition coefficient (Wildman–Crippen LogP) is 6.32. The summed E-state index contributed by atoms with van der Waals surface area (Å²) in [4.78, 5) is 27.0. The molecule has 0 amide bonds. The van der Waals surface area contributed by atoms with Crippen LogP contribution in [0.1, 0.15) is 42.5 Å². The van der Waals surface area contributed by atoms with Crippen molar-refractivity contribution in [3.05, 3.63) is 91.8 Å². The molecule has 9 heteroatoms. The summed E-state index contributed by atoms with van der Waals surface area (Å²) in [6.07, 6.45) is 1.80. The maximum absolute atomic E-state index is 13.3. The molecule has 36 heavy (non-hydrogen) atoms. The number of aromatic nitrogens is 4. The maximum Gasteiger partial charge on any atom is 0.280 e. The van der Waals surface area contributed by atoms with Gasteiger partial charge in [0.15, 0.2) is 5.02 Å². The third-order valence-electron chi connectivity index (χ3n) is 5.64. The first-order chi connectivity index (χ1) is 17.2. The van der Waals surface area contributed by atoms with Crippen molar-refractivity contribution in [1.29, 1.82) is 0 Å². The molecule has 7 nitrogen and oxygen atoms in total. The van der Waals surface area contributed by atoms with Crippen molar-refractivity contribution in [2.24, 2.45) is 0 Å². The van der Waals surface area contributed by atoms with E-state index in [9.17, 15) is 4.79 Å². The van der Waals surface area contributed by atoms with Gasteiger partial charge in [0.1, 0.15) is 24.0 Å². The molecule has 0 atom stereocenters. The van der Waals surface area contributed by atoms with Crippen LogP contribution in [0.3, 0.4) is 0 Å². The zero-order valence-electron chi connectivity index (χ0n) is 20.7. The maximum atomic E-state index is 13.3. The Labute approximate surface area is 219 Å². The van der Waals surface area contributed by atoms with Gasteiger partial charge in [0, 0.05) is 17.7 Å². The number of aryl methyl sites for hydroxylation is 2. The highest BCUT2D eigenvalue weighted by Gasteiger charge is 2.19. The summed E-state index contributed by atoms with van der Waals surface area (Å²) in [6, 6.07) is 12.8. The number of nitrogens with zero attached hydrogens (tertiary/aromatic N) is 4. The molecule has 2 aromatic carbocycles. The molecule has 0 N–H and O–H groups in total. The average Bonchev–Trinajstić information content (AvgIpc) is 2.87. The number of hydrogen-bond acceptors (Lipinski definition) is 6. The molecule has 0 bridgehead atoms. The molecule has 0 radical (unpaired) electrons. The van der Waals surface area contributed by atoms with Gasteiger partial charge in [0.25, 0.3) is 5.56 Å². The van der Waals surface area contributed by atoms with Crippen LogP contribution in [0.2, 0.25) is 10.0 Å². The zero-order valence-corrected chi connectivity index (χ0v) is 22.2. The first-order valence-corrected chi connectivity index (χ1v) is 12.1. The molecule has 2 heterocycles. The van der Waals surface area contributed by atoms with Gasteiger partial charge >= 0.3 is 0 Å². The minimum absolute atomic E-state index is 0.0544. The Morgan fingerprint density at radius 2 is 1.83 bits per heavy atom. The minimum atomic E-state index is -0.480. The predicted molar refractivity (Wildman–Crippen MR) is 142 cm³/mol. The van der Waals surface area contributed by atoms with E-state index in [1.807, 2.05) is 57.2 Å². The molecule has 0 aliphatic heterocycles. The molecule has 0 fully saturated rings. The highest BCUT2D eigenvalue weighted by Crippen LogP contribution is 2.30. The van der Waals surface area contributed by atoms with Gasteiger partial charge < -0.3 is 9.47 Å². The lowest BCUT2D eigenvalue weighted by Gasteiger charge is -2.16. The smallest absolute Gasteiger partial charge is 0.280 e. The molecule has 186 valence electrons. The number of halogens is 2. The molecule has 0 aliphatic carbocycles. The van der Waals surface area contributed by atoms with Crippen molar-refractivity contribution >= 4 is 23.2 Å². The minimum Gasteiger partial charge on any atom is -0.497 e. The van der Waals surface area contributed by atoms with E-state index in [-0.39, 0.29) is 23.4 Å². The van der Waals surface area contributed by atoms with Crippen molar-refractivity contribution in [3.8, 4) is 28.6 Å². The average molecular weight is 525 g/mol. The van der Waals surface area contributed by atoms with E-state index in [1.54, 1.807) is 26.3 Å². The molecular formula is C27H26Cl2N4O3. The van der Waals surface area contributed by atoms with Crippen molar-refractivity contribution in [3.63, 3.8) is 0 Å². The van der Waals surface area contributed by atoms with Crippen LogP contribution in [-0.4, -0.2) is 26.6 Å². The Kier molecular flexibility index (Phi) is 7.62. The van der Waals surface area contributed by atoms with E-state index in [1.165, 1.54) is 4.57 Å². The standard InChI is InChI=1S/C27H26Cl2N4O3/c1-15(2)25-30-13-16(3)24(32-25)19-9-10-21(28)22(12-19)33-17(4)31-26(23(29)27(33)34)36-14-18-7-6-8-20(11-18)35-5/h6-13,15H,14H2,1-5H3. The molecule has 0 aliphatic rings. The van der Waals surface area contributed by atoms with Gasteiger partial charge in [-0.05, 0) is 49.2 Å². The second-order valence-corrected chi connectivity index (χ2v) is 9.42. The Bertz CT molecular complexity index is 1480. The lowest BCUT2D eigenvalue weighted by atomic mass is 10.1. The van der Waals surface area contributed by atoms with Gasteiger partial charge in [-0.15, -0.1) is 0 Å². The summed E-state index contributed by atoms with van der Waals surface area (Å²) in [7, 11) is 1.59. The fraction of sp³-hybridized carbons (Fsp3) is 0.259. The van der Waals surface area contributed by atoms with Gasteiger partial charge in [-0.2, -0.15) is 4.98 Å². The van der Waals surface area contributed by atoms with E-state index >= 15 is 0 Å². The molecule has 0 unspecified atom stereocenters. The van der Waals surface area contributed by atoms with E-state index < -0.39 is 5.56 Å². The van der Waals surface area contributed by atoms with Crippen molar-refractivity contribution in [1.82, 2.24) is 19.5 Å². The lowest BCUT2D eigenvalue weighted by Crippen LogP contribution is -2.24. The Hall–Kier alpha value is -3.42. The number of hydrogen-bond donors (Lipinski definition) is 0. The highest BCUT2D eigenvalue weighted by molar-refractivity contribution is 6.33. The van der Waals surface area contributed by atoms with Crippen LogP contribution in [0.15, 0.2) is 53.5 Å². The Morgan fingerprint density at radius 3 is 2.56 bits per heavy atom. The third-order valence-corrected chi connectivity index (χ3v) is 6.29. The molecular weight excluding hydrogens is 499 g/mol. The van der Waals surface area contributed by atoms with Crippen LogP contribution in [0.4, 0.5) is 0 Å². The monoisotopic (exact) mass is 524 g/mol. The molecule has 4 rings (SSSR count). The SMILES string of the molecule is COc1cccc(COc2nc(C)n(-c3cc(-c4nc(C(C)C)ncc4C)ccc3Cl)c(=O)c2Cl)c1. The first-order valence-electron chi connectivity index (χ1n) is 11.4. The fourth-order valence-electron chi connectivity index (χ4n) is 3.73. The molecule has 0 saturated carbocycles. The van der Waals surface area contributed by atoms with Crippen LogP contribution in [-0.2, 0) is 6.61 Å². The summed E-state index contributed by atoms with van der Waals surface area (Å²) < 4.78 is 12.4. The summed E-state index contributed by atoms with van der Waals surface area (Å²) in [6.45, 7) is 7.89. The van der Waals surface area contributed by atoms with Crippen LogP contribution in [0.25, 0.3) is 16.9 Å². The number of benzene rings is 2. The van der Waals surface area contributed by atoms with Crippen LogP contribution < -0.4 is 15.0 Å². The largest absolute Gasteiger partial charge is 0.497 e. The topological polar surface area (TPSA) is 79.1 Å². The summed E-state index contributed by atoms with van der Waals surface area (Å²) >= 11 is 13.0. The van der Waals surface area contributed by atoms with Gasteiger partial charge in [0.2, 0.25) is 5.88 Å². The van der Waals surface area contributed by atoms with Gasteiger partial charge in [0.05, 0.1) is 23.5 Å². The van der Waals surface area contributed by atoms with Crippen LogP contribution in [0.5, 0.6) is 11.6 Å². The van der Waals surface area contributed by atoms with E-state index in [0.717, 1.165) is 28.2 Å². The van der Waals surface area contributed by atoms with E-state index in [4.69, 9.17) is 37.7 Å². The Morgan fingerprint density at radius 1 is 1.06 bits per heavy atom. The summed E-state index contributed by atoms with van der Waals surface area (Å²) in [5, 5.41) is 0.243. The lowest BCUT2D eigenvalue weighted by molar-refractivity contribution is 0.291. The zero-order chi connectivity index (χ0) is 26.0. The molecule has 0 spiro atoms. The first kappa shape index (κ1) is 25.7. The highest BCUT2D eigenvalue weighted by atomic mass is 35.5.